The molecule has 8 rings (SSSR count). The van der Waals surface area contributed by atoms with Crippen LogP contribution in [0, 0.1) is 0 Å². The Morgan fingerprint density at radius 3 is 1.77 bits per heavy atom. The Hall–Kier alpha value is -5.59. The van der Waals surface area contributed by atoms with Crippen LogP contribution in [-0.2, 0) is 0 Å². The van der Waals surface area contributed by atoms with E-state index in [1.807, 2.05) is 79.0 Å². The lowest BCUT2D eigenvalue weighted by Crippen LogP contribution is -2.01. The first-order chi connectivity index (χ1) is 21.3. The second-order valence-corrected chi connectivity index (χ2v) is 11.2. The Bertz CT molecular complexity index is 2170. The number of fused-ring (bicyclic) bond motifs is 3. The van der Waals surface area contributed by atoms with Crippen molar-refractivity contribution >= 4 is 32.3 Å². The van der Waals surface area contributed by atoms with Crippen LogP contribution in [0.5, 0.6) is 0 Å². The highest BCUT2D eigenvalue weighted by molar-refractivity contribution is 7.22. The quantitative estimate of drug-likeness (QED) is 0.207. The van der Waals surface area contributed by atoms with Gasteiger partial charge in [-0.15, -0.1) is 11.3 Å². The maximum Gasteiger partial charge on any atom is 0.182 e. The third kappa shape index (κ3) is 4.74. The molecule has 5 nitrogen and oxygen atoms in total. The smallest absolute Gasteiger partial charge is 0.182 e. The van der Waals surface area contributed by atoms with Gasteiger partial charge < -0.3 is 0 Å². The number of hydrogen-bond acceptors (Lipinski definition) is 6. The molecule has 43 heavy (non-hydrogen) atoms. The summed E-state index contributed by atoms with van der Waals surface area (Å²) in [6.07, 6.45) is 1.83. The molecule has 0 spiro atoms. The first-order valence-corrected chi connectivity index (χ1v) is 14.8. The third-order valence-corrected chi connectivity index (χ3v) is 8.56. The Morgan fingerprint density at radius 2 is 1.09 bits per heavy atom. The number of rotatable bonds is 5. The van der Waals surface area contributed by atoms with Gasteiger partial charge in [0.2, 0.25) is 0 Å². The average Bonchev–Trinajstić information content (AvgIpc) is 3.54. The van der Waals surface area contributed by atoms with Crippen LogP contribution >= 0.6 is 11.3 Å². The average molecular weight is 570 g/mol. The molecule has 0 amide bonds. The highest BCUT2D eigenvalue weighted by Crippen LogP contribution is 2.40. The minimum atomic E-state index is 0.532. The zero-order valence-corrected chi connectivity index (χ0v) is 23.7. The lowest BCUT2D eigenvalue weighted by Gasteiger charge is -2.10. The van der Waals surface area contributed by atoms with E-state index < -0.39 is 0 Å². The second-order valence-electron chi connectivity index (χ2n) is 10.2. The number of nitrogens with zero attached hydrogens (tertiary/aromatic N) is 5. The topological polar surface area (TPSA) is 64.5 Å². The monoisotopic (exact) mass is 569 g/mol. The molecule has 3 aromatic heterocycles. The van der Waals surface area contributed by atoms with Crippen molar-refractivity contribution in [2.24, 2.45) is 0 Å². The predicted molar refractivity (Wildman–Crippen MR) is 175 cm³/mol. The summed E-state index contributed by atoms with van der Waals surface area (Å²) in [5.41, 5.74) is 6.82. The number of benzene rings is 5. The van der Waals surface area contributed by atoms with E-state index in [4.69, 9.17) is 24.9 Å². The summed E-state index contributed by atoms with van der Waals surface area (Å²) in [4.78, 5) is 24.3. The van der Waals surface area contributed by atoms with E-state index in [-0.39, 0.29) is 0 Å². The van der Waals surface area contributed by atoms with Crippen LogP contribution < -0.4 is 0 Å². The molecule has 0 saturated heterocycles. The minimum absolute atomic E-state index is 0.532. The molecular formula is C37H23N5S. The van der Waals surface area contributed by atoms with Gasteiger partial charge in [0.1, 0.15) is 10.7 Å². The fraction of sp³-hybridized carbons (Fsp3) is 0. The molecule has 0 aliphatic carbocycles. The van der Waals surface area contributed by atoms with Crippen molar-refractivity contribution in [3.63, 3.8) is 0 Å². The zero-order chi connectivity index (χ0) is 28.6. The molecule has 0 bridgehead atoms. The van der Waals surface area contributed by atoms with Crippen LogP contribution in [0.15, 0.2) is 140 Å². The van der Waals surface area contributed by atoms with Gasteiger partial charge in [-0.1, -0.05) is 115 Å². The van der Waals surface area contributed by atoms with Crippen LogP contribution in [0.1, 0.15) is 0 Å². The van der Waals surface area contributed by atoms with E-state index in [0.29, 0.717) is 23.2 Å². The number of thiazole rings is 1. The molecule has 0 radical (unpaired) electrons. The van der Waals surface area contributed by atoms with Crippen molar-refractivity contribution in [3.8, 4) is 56.0 Å². The molecule has 0 aliphatic heterocycles. The lowest BCUT2D eigenvalue weighted by molar-refractivity contribution is 1.06. The fourth-order valence-corrected chi connectivity index (χ4v) is 6.48. The van der Waals surface area contributed by atoms with E-state index in [1.54, 1.807) is 11.3 Å². The normalized spacial score (nSPS) is 11.3. The van der Waals surface area contributed by atoms with Crippen molar-refractivity contribution in [3.05, 3.63) is 140 Å². The summed E-state index contributed by atoms with van der Waals surface area (Å²) < 4.78 is 1.17. The van der Waals surface area contributed by atoms with Gasteiger partial charge in [-0.05, 0) is 34.7 Å². The Balaban J connectivity index is 1.29. The van der Waals surface area contributed by atoms with Crippen LogP contribution in [0.2, 0.25) is 0 Å². The Kier molecular flexibility index (Phi) is 6.24. The second kappa shape index (κ2) is 10.7. The van der Waals surface area contributed by atoms with Gasteiger partial charge in [-0.3, -0.25) is 4.98 Å². The first-order valence-electron chi connectivity index (χ1n) is 14.0. The van der Waals surface area contributed by atoms with Crippen molar-refractivity contribution in [2.75, 3.05) is 0 Å². The van der Waals surface area contributed by atoms with Gasteiger partial charge in [0.15, 0.2) is 17.5 Å². The summed E-state index contributed by atoms with van der Waals surface area (Å²) >= 11 is 1.73. The van der Waals surface area contributed by atoms with E-state index in [0.717, 1.165) is 38.3 Å². The van der Waals surface area contributed by atoms with E-state index in [2.05, 4.69) is 60.7 Å². The number of hydrogen-bond donors (Lipinski definition) is 0. The molecule has 0 aliphatic rings. The van der Waals surface area contributed by atoms with Crippen molar-refractivity contribution in [1.29, 1.82) is 0 Å². The SMILES string of the molecule is c1ccc(-c2nc(-c3ccccc3)nc(-c3cc(-c4cccc5ccc6nc(-c7ccccc7)sc6c45)ccn3)n2)cc1. The van der Waals surface area contributed by atoms with Crippen molar-refractivity contribution < 1.29 is 0 Å². The maximum absolute atomic E-state index is 4.99. The summed E-state index contributed by atoms with van der Waals surface area (Å²) in [7, 11) is 0. The molecule has 3 heterocycles. The van der Waals surface area contributed by atoms with Crippen molar-refractivity contribution in [1.82, 2.24) is 24.9 Å². The van der Waals surface area contributed by atoms with E-state index >= 15 is 0 Å². The van der Waals surface area contributed by atoms with Gasteiger partial charge in [0, 0.05) is 28.3 Å². The summed E-state index contributed by atoms with van der Waals surface area (Å²) in [6, 6.07) is 45.2. The highest BCUT2D eigenvalue weighted by Gasteiger charge is 2.16. The standard InChI is InChI=1S/C37H23N5S/c1-4-11-25(12-5-1)34-40-35(26-13-6-2-7-14-26)42-36(41-34)31-23-28(21-22-38-31)29-18-10-17-24-19-20-30-33(32(24)29)43-37(39-30)27-15-8-3-9-16-27/h1-23H. The van der Waals surface area contributed by atoms with Crippen LogP contribution in [0.3, 0.4) is 0 Å². The predicted octanol–water partition coefficient (Wildman–Crippen LogP) is 9.36. The molecule has 0 N–H and O–H groups in total. The Labute approximate surface area is 252 Å². The fourth-order valence-electron chi connectivity index (χ4n) is 5.34. The van der Waals surface area contributed by atoms with Crippen LogP contribution in [-0.4, -0.2) is 24.9 Å². The summed E-state index contributed by atoms with van der Waals surface area (Å²) in [5, 5.41) is 3.37. The molecular weight excluding hydrogens is 547 g/mol. The maximum atomic E-state index is 4.99. The van der Waals surface area contributed by atoms with Gasteiger partial charge in [0.25, 0.3) is 0 Å². The van der Waals surface area contributed by atoms with E-state index in [9.17, 15) is 0 Å². The molecule has 0 atom stereocenters. The Morgan fingerprint density at radius 1 is 0.465 bits per heavy atom. The van der Waals surface area contributed by atoms with Crippen LogP contribution in [0.25, 0.3) is 77.0 Å². The molecule has 0 saturated carbocycles. The zero-order valence-electron chi connectivity index (χ0n) is 22.9. The van der Waals surface area contributed by atoms with Crippen LogP contribution in [0.4, 0.5) is 0 Å². The van der Waals surface area contributed by atoms with Gasteiger partial charge in [-0.2, -0.15) is 0 Å². The lowest BCUT2D eigenvalue weighted by atomic mass is 9.98. The third-order valence-electron chi connectivity index (χ3n) is 7.42. The number of pyridine rings is 1. The van der Waals surface area contributed by atoms with Gasteiger partial charge in [-0.25, -0.2) is 19.9 Å². The number of aromatic nitrogens is 5. The molecule has 202 valence electrons. The van der Waals surface area contributed by atoms with E-state index in [1.165, 1.54) is 15.5 Å². The summed E-state index contributed by atoms with van der Waals surface area (Å²) in [6.45, 7) is 0. The van der Waals surface area contributed by atoms with Crippen molar-refractivity contribution in [2.45, 2.75) is 0 Å². The highest BCUT2D eigenvalue weighted by atomic mass is 32.1. The molecule has 8 aromatic rings. The van der Waals surface area contributed by atoms with Gasteiger partial charge >= 0.3 is 0 Å². The molecule has 5 aromatic carbocycles. The largest absolute Gasteiger partial charge is 0.253 e. The molecule has 0 unspecified atom stereocenters. The molecule has 0 fully saturated rings. The van der Waals surface area contributed by atoms with Gasteiger partial charge in [0.05, 0.1) is 10.2 Å². The summed E-state index contributed by atoms with van der Waals surface area (Å²) in [5.74, 6) is 1.76. The minimum Gasteiger partial charge on any atom is -0.253 e. The molecule has 6 heteroatoms. The first kappa shape index (κ1) is 25.1.